The normalized spacial score (nSPS) is 17.5. The number of hydrogen-bond donors (Lipinski definition) is 1. The number of anilines is 1. The number of benzene rings is 1. The van der Waals surface area contributed by atoms with Gasteiger partial charge >= 0.3 is 0 Å². The van der Waals surface area contributed by atoms with Gasteiger partial charge in [-0.15, -0.1) is 0 Å². The fourth-order valence-corrected chi connectivity index (χ4v) is 3.50. The van der Waals surface area contributed by atoms with Crippen LogP contribution in [0.4, 0.5) is 10.5 Å². The number of fused-ring (bicyclic) bond motifs is 2. The number of amides is 1. The van der Waals surface area contributed by atoms with Crippen molar-refractivity contribution in [3.05, 3.63) is 28.3 Å². The van der Waals surface area contributed by atoms with Gasteiger partial charge in [0.1, 0.15) is 0 Å². The molecule has 17 heavy (non-hydrogen) atoms. The lowest BCUT2D eigenvalue weighted by molar-refractivity contribution is 0.271. The van der Waals surface area contributed by atoms with Crippen molar-refractivity contribution in [3.63, 3.8) is 0 Å². The summed E-state index contributed by atoms with van der Waals surface area (Å²) in [6.45, 7) is 0. The van der Waals surface area contributed by atoms with Crippen molar-refractivity contribution in [1.82, 2.24) is 0 Å². The van der Waals surface area contributed by atoms with Crippen LogP contribution < -0.4 is 5.32 Å². The molecule has 90 valence electrons. The molecule has 2 nitrogen and oxygen atoms in total. The summed E-state index contributed by atoms with van der Waals surface area (Å²) >= 11 is 1.84. The number of halogens is 1. The maximum absolute atomic E-state index is 11.4. The highest BCUT2D eigenvalue weighted by atomic mass is 127. The molecule has 0 fully saturated rings. The summed E-state index contributed by atoms with van der Waals surface area (Å²) in [5.41, 5.74) is 6.95. The Kier molecular flexibility index (Phi) is 3.11. The van der Waals surface area contributed by atoms with Crippen LogP contribution in [0.5, 0.6) is 0 Å². The standard InChI is InChI=1S/C14H16INO/c15-14(17)16-13-11-6-2-1-4-9(11)8-10-5-3-7-12(10)13/h8H,1-7H2,(H,16,17). The second-order valence-corrected chi connectivity index (χ2v) is 5.97. The van der Waals surface area contributed by atoms with Gasteiger partial charge in [-0.2, -0.15) is 0 Å². The Morgan fingerprint density at radius 2 is 1.59 bits per heavy atom. The van der Waals surface area contributed by atoms with Gasteiger partial charge in [-0.05, 0) is 67.2 Å². The van der Waals surface area contributed by atoms with Gasteiger partial charge in [-0.25, -0.2) is 0 Å². The smallest absolute Gasteiger partial charge is 0.285 e. The van der Waals surface area contributed by atoms with E-state index in [1.165, 1.54) is 54.4 Å². The van der Waals surface area contributed by atoms with Gasteiger partial charge in [0, 0.05) is 28.3 Å². The average Bonchev–Trinajstić information content (AvgIpc) is 2.76. The van der Waals surface area contributed by atoms with Gasteiger partial charge in [0.05, 0.1) is 0 Å². The van der Waals surface area contributed by atoms with Crippen molar-refractivity contribution in [1.29, 1.82) is 0 Å². The molecule has 0 radical (unpaired) electrons. The Bertz CT molecular complexity index is 482. The number of carbonyl (C=O) groups is 1. The number of aryl methyl sites for hydroxylation is 2. The molecular formula is C14H16INO. The predicted molar refractivity (Wildman–Crippen MR) is 78.1 cm³/mol. The summed E-state index contributed by atoms with van der Waals surface area (Å²) < 4.78 is 0.0377. The molecule has 0 heterocycles. The zero-order valence-corrected chi connectivity index (χ0v) is 12.0. The SMILES string of the molecule is O=C(I)Nc1c2c(cc3c1CCC3)CCCC2. The summed E-state index contributed by atoms with van der Waals surface area (Å²) in [6.07, 6.45) is 8.44. The molecule has 0 saturated heterocycles. The number of carbonyl (C=O) groups excluding carboxylic acids is 1. The molecule has 3 heteroatoms. The fourth-order valence-electron chi connectivity index (χ4n) is 3.23. The van der Waals surface area contributed by atoms with Gasteiger partial charge in [0.15, 0.2) is 0 Å². The lowest BCUT2D eigenvalue weighted by Crippen LogP contribution is -2.12. The highest BCUT2D eigenvalue weighted by Gasteiger charge is 2.23. The van der Waals surface area contributed by atoms with E-state index in [1.807, 2.05) is 22.6 Å². The second-order valence-electron chi connectivity index (χ2n) is 4.99. The second kappa shape index (κ2) is 4.59. The third kappa shape index (κ3) is 2.09. The Morgan fingerprint density at radius 3 is 2.29 bits per heavy atom. The maximum Gasteiger partial charge on any atom is 0.285 e. The summed E-state index contributed by atoms with van der Waals surface area (Å²) in [5.74, 6) is 0. The Balaban J connectivity index is 2.14. The van der Waals surface area contributed by atoms with E-state index in [1.54, 1.807) is 0 Å². The summed E-state index contributed by atoms with van der Waals surface area (Å²) in [7, 11) is 0. The van der Waals surface area contributed by atoms with E-state index in [2.05, 4.69) is 11.4 Å². The molecule has 0 aliphatic heterocycles. The molecular weight excluding hydrogens is 325 g/mol. The van der Waals surface area contributed by atoms with Crippen molar-refractivity contribution in [3.8, 4) is 0 Å². The molecule has 0 bridgehead atoms. The van der Waals surface area contributed by atoms with Gasteiger partial charge in [0.25, 0.3) is 3.91 Å². The first-order valence-electron chi connectivity index (χ1n) is 6.38. The van der Waals surface area contributed by atoms with Crippen molar-refractivity contribution in [2.24, 2.45) is 0 Å². The van der Waals surface area contributed by atoms with Gasteiger partial charge < -0.3 is 5.32 Å². The lowest BCUT2D eigenvalue weighted by atomic mass is 9.87. The van der Waals surface area contributed by atoms with Crippen LogP contribution in [0, 0.1) is 0 Å². The molecule has 1 aromatic carbocycles. The minimum atomic E-state index is 0.0377. The topological polar surface area (TPSA) is 29.1 Å². The van der Waals surface area contributed by atoms with Crippen LogP contribution in [-0.4, -0.2) is 3.91 Å². The first kappa shape index (κ1) is 11.5. The van der Waals surface area contributed by atoms with E-state index in [0.717, 1.165) is 18.5 Å². The molecule has 0 spiro atoms. The monoisotopic (exact) mass is 341 g/mol. The molecule has 0 aromatic heterocycles. The van der Waals surface area contributed by atoms with Crippen molar-refractivity contribution >= 4 is 32.2 Å². The van der Waals surface area contributed by atoms with Crippen molar-refractivity contribution in [2.75, 3.05) is 5.32 Å². The zero-order valence-electron chi connectivity index (χ0n) is 9.81. The third-order valence-corrected chi connectivity index (χ3v) is 4.22. The van der Waals surface area contributed by atoms with E-state index in [9.17, 15) is 4.79 Å². The van der Waals surface area contributed by atoms with E-state index >= 15 is 0 Å². The van der Waals surface area contributed by atoms with Crippen LogP contribution in [0.15, 0.2) is 6.07 Å². The summed E-state index contributed by atoms with van der Waals surface area (Å²) in [4.78, 5) is 11.4. The molecule has 2 aliphatic carbocycles. The molecule has 1 N–H and O–H groups in total. The van der Waals surface area contributed by atoms with Crippen LogP contribution in [0.2, 0.25) is 0 Å². The molecule has 2 aliphatic rings. The van der Waals surface area contributed by atoms with E-state index < -0.39 is 0 Å². The van der Waals surface area contributed by atoms with Gasteiger partial charge in [-0.1, -0.05) is 6.07 Å². The van der Waals surface area contributed by atoms with E-state index in [0.29, 0.717) is 0 Å². The van der Waals surface area contributed by atoms with Gasteiger partial charge in [0.2, 0.25) is 0 Å². The maximum atomic E-state index is 11.4. The van der Waals surface area contributed by atoms with Crippen LogP contribution in [0.1, 0.15) is 41.5 Å². The molecule has 1 aromatic rings. The molecule has 0 unspecified atom stereocenters. The third-order valence-electron chi connectivity index (χ3n) is 3.95. The summed E-state index contributed by atoms with van der Waals surface area (Å²) in [5, 5.41) is 3.08. The number of nitrogens with one attached hydrogen (secondary N) is 1. The average molecular weight is 341 g/mol. The van der Waals surface area contributed by atoms with E-state index in [4.69, 9.17) is 0 Å². The van der Waals surface area contributed by atoms with E-state index in [-0.39, 0.29) is 3.91 Å². The van der Waals surface area contributed by atoms with Crippen LogP contribution >= 0.6 is 22.6 Å². The molecule has 0 saturated carbocycles. The fraction of sp³-hybridized carbons (Fsp3) is 0.500. The van der Waals surface area contributed by atoms with Gasteiger partial charge in [-0.3, -0.25) is 4.79 Å². The largest absolute Gasteiger partial charge is 0.317 e. The Hall–Kier alpha value is -0.580. The minimum absolute atomic E-state index is 0.0377. The van der Waals surface area contributed by atoms with Crippen molar-refractivity contribution in [2.45, 2.75) is 44.9 Å². The molecule has 1 amide bonds. The van der Waals surface area contributed by atoms with Crippen LogP contribution in [0.25, 0.3) is 0 Å². The Morgan fingerprint density at radius 1 is 1.00 bits per heavy atom. The predicted octanol–water partition coefficient (Wildman–Crippen LogP) is 4.02. The Labute approximate surface area is 115 Å². The van der Waals surface area contributed by atoms with Crippen LogP contribution in [0.3, 0.4) is 0 Å². The quantitative estimate of drug-likeness (QED) is 0.467. The van der Waals surface area contributed by atoms with Crippen LogP contribution in [-0.2, 0) is 25.7 Å². The molecule has 0 atom stereocenters. The lowest BCUT2D eigenvalue weighted by Gasteiger charge is -2.22. The summed E-state index contributed by atoms with van der Waals surface area (Å²) in [6, 6.07) is 2.40. The molecule has 3 rings (SSSR count). The number of hydrogen-bond acceptors (Lipinski definition) is 1. The first-order chi connectivity index (χ1) is 8.25. The zero-order chi connectivity index (χ0) is 11.8. The minimum Gasteiger partial charge on any atom is -0.317 e. The van der Waals surface area contributed by atoms with Crippen molar-refractivity contribution < 1.29 is 4.79 Å². The number of rotatable bonds is 1. The first-order valence-corrected chi connectivity index (χ1v) is 7.46. The highest BCUT2D eigenvalue weighted by Crippen LogP contribution is 2.38. The highest BCUT2D eigenvalue weighted by molar-refractivity contribution is 14.1.